The molecule has 0 saturated heterocycles. The van der Waals surface area contributed by atoms with Gasteiger partial charge in [-0.05, 0) is 42.3 Å². The van der Waals surface area contributed by atoms with E-state index in [1.807, 2.05) is 13.0 Å². The number of rotatable bonds is 1. The van der Waals surface area contributed by atoms with Crippen molar-refractivity contribution in [3.05, 3.63) is 57.0 Å². The van der Waals surface area contributed by atoms with Crippen LogP contribution in [0.15, 0.2) is 40.9 Å². The van der Waals surface area contributed by atoms with E-state index in [9.17, 15) is 13.2 Å². The van der Waals surface area contributed by atoms with E-state index in [4.69, 9.17) is 11.6 Å². The van der Waals surface area contributed by atoms with Crippen LogP contribution in [0.5, 0.6) is 0 Å². The molecule has 2 aromatic carbocycles. The average molecular weight is 350 g/mol. The summed E-state index contributed by atoms with van der Waals surface area (Å²) in [5.74, 6) is 0. The minimum atomic E-state index is -4.38. The van der Waals surface area contributed by atoms with Gasteiger partial charge in [0.25, 0.3) is 0 Å². The molecule has 0 fully saturated rings. The number of hydrogen-bond donors (Lipinski definition) is 0. The fourth-order valence-electron chi connectivity index (χ4n) is 1.90. The quantitative estimate of drug-likeness (QED) is 0.584. The first kappa shape index (κ1) is 14.4. The zero-order valence-corrected chi connectivity index (χ0v) is 12.2. The molecule has 0 heterocycles. The smallest absolute Gasteiger partial charge is 0.166 e. The van der Waals surface area contributed by atoms with Gasteiger partial charge in [0.05, 0.1) is 5.56 Å². The lowest BCUT2D eigenvalue weighted by Crippen LogP contribution is -2.05. The van der Waals surface area contributed by atoms with Crippen molar-refractivity contribution >= 4 is 27.5 Å². The molecule has 0 N–H and O–H groups in total. The van der Waals surface area contributed by atoms with Crippen molar-refractivity contribution < 1.29 is 13.2 Å². The van der Waals surface area contributed by atoms with E-state index in [2.05, 4.69) is 15.9 Å². The largest absolute Gasteiger partial charge is 0.416 e. The van der Waals surface area contributed by atoms with Gasteiger partial charge in [-0.2, -0.15) is 13.2 Å². The van der Waals surface area contributed by atoms with Crippen LogP contribution in [-0.2, 0) is 6.18 Å². The Balaban J connectivity index is 2.67. The Kier molecular flexibility index (Phi) is 3.92. The first-order valence-corrected chi connectivity index (χ1v) is 6.59. The number of aryl methyl sites for hydroxylation is 1. The van der Waals surface area contributed by atoms with E-state index in [1.54, 1.807) is 18.2 Å². The van der Waals surface area contributed by atoms with Gasteiger partial charge in [-0.1, -0.05) is 39.7 Å². The molecule has 0 bridgehead atoms. The highest BCUT2D eigenvalue weighted by Crippen LogP contribution is 2.38. The van der Waals surface area contributed by atoms with E-state index >= 15 is 0 Å². The van der Waals surface area contributed by atoms with Crippen molar-refractivity contribution in [1.82, 2.24) is 0 Å². The summed E-state index contributed by atoms with van der Waals surface area (Å²) in [6.07, 6.45) is -4.38. The second-order valence-electron chi connectivity index (χ2n) is 4.16. The topological polar surface area (TPSA) is 0 Å². The third-order valence-electron chi connectivity index (χ3n) is 2.74. The van der Waals surface area contributed by atoms with Crippen LogP contribution in [0.3, 0.4) is 0 Å². The Morgan fingerprint density at radius 3 is 2.37 bits per heavy atom. The molecule has 0 aliphatic heterocycles. The lowest BCUT2D eigenvalue weighted by Gasteiger charge is -2.13. The highest BCUT2D eigenvalue weighted by Gasteiger charge is 2.31. The van der Waals surface area contributed by atoms with Crippen LogP contribution in [0.2, 0.25) is 5.02 Å². The molecule has 0 unspecified atom stereocenters. The lowest BCUT2D eigenvalue weighted by atomic mass is 9.98. The van der Waals surface area contributed by atoms with Gasteiger partial charge in [-0.25, -0.2) is 0 Å². The Hall–Kier alpha value is -1.00. The first-order valence-electron chi connectivity index (χ1n) is 5.42. The molecule has 0 atom stereocenters. The molecule has 0 nitrogen and oxygen atoms in total. The second kappa shape index (κ2) is 5.17. The van der Waals surface area contributed by atoms with Crippen molar-refractivity contribution in [2.75, 3.05) is 0 Å². The van der Waals surface area contributed by atoms with E-state index in [0.29, 0.717) is 20.6 Å². The molecular formula is C14H9BrClF3. The number of hydrogen-bond acceptors (Lipinski definition) is 0. The molecule has 0 spiro atoms. The zero-order chi connectivity index (χ0) is 14.2. The van der Waals surface area contributed by atoms with Crippen LogP contribution in [0.4, 0.5) is 13.2 Å². The minimum absolute atomic E-state index is 0.372. The number of alkyl halides is 3. The molecule has 0 aliphatic rings. The molecule has 0 aromatic heterocycles. The summed E-state index contributed by atoms with van der Waals surface area (Å²) < 4.78 is 38.8. The molecule has 2 rings (SSSR count). The van der Waals surface area contributed by atoms with Crippen LogP contribution in [0.1, 0.15) is 11.1 Å². The summed E-state index contributed by atoms with van der Waals surface area (Å²) in [7, 11) is 0. The maximum Gasteiger partial charge on any atom is 0.416 e. The molecule has 19 heavy (non-hydrogen) atoms. The van der Waals surface area contributed by atoms with Gasteiger partial charge in [0.1, 0.15) is 0 Å². The van der Waals surface area contributed by atoms with E-state index < -0.39 is 11.7 Å². The molecule has 0 aliphatic carbocycles. The summed E-state index contributed by atoms with van der Waals surface area (Å²) in [5, 5.41) is 0.436. The van der Waals surface area contributed by atoms with Crippen LogP contribution in [0.25, 0.3) is 11.1 Å². The first-order chi connectivity index (χ1) is 8.79. The molecule has 5 heteroatoms. The van der Waals surface area contributed by atoms with Gasteiger partial charge in [0, 0.05) is 15.1 Å². The molecule has 100 valence electrons. The van der Waals surface area contributed by atoms with Gasteiger partial charge < -0.3 is 0 Å². The van der Waals surface area contributed by atoms with Gasteiger partial charge in [-0.15, -0.1) is 0 Å². The molecule has 2 aromatic rings. The zero-order valence-electron chi connectivity index (χ0n) is 9.85. The fourth-order valence-corrected chi connectivity index (χ4v) is 2.72. The van der Waals surface area contributed by atoms with Crippen molar-refractivity contribution in [1.29, 1.82) is 0 Å². The van der Waals surface area contributed by atoms with Crippen LogP contribution >= 0.6 is 27.5 Å². The molecular weight excluding hydrogens is 341 g/mol. The molecule has 0 radical (unpaired) electrons. The van der Waals surface area contributed by atoms with Gasteiger partial charge >= 0.3 is 6.18 Å². The van der Waals surface area contributed by atoms with E-state index in [1.165, 1.54) is 0 Å². The Morgan fingerprint density at radius 1 is 1.11 bits per heavy atom. The maximum absolute atomic E-state index is 12.8. The van der Waals surface area contributed by atoms with E-state index in [0.717, 1.165) is 17.7 Å². The summed E-state index contributed by atoms with van der Waals surface area (Å²) in [6, 6.07) is 9.04. The van der Waals surface area contributed by atoms with Crippen molar-refractivity contribution in [2.45, 2.75) is 13.1 Å². The summed E-state index contributed by atoms with van der Waals surface area (Å²) in [5.41, 5.74) is 1.20. The SMILES string of the molecule is Cc1cccc(Cl)c1-c1cc(Br)cc(C(F)(F)F)c1. The number of benzene rings is 2. The van der Waals surface area contributed by atoms with E-state index in [-0.39, 0.29) is 0 Å². The minimum Gasteiger partial charge on any atom is -0.166 e. The Morgan fingerprint density at radius 2 is 1.79 bits per heavy atom. The standard InChI is InChI=1S/C14H9BrClF3/c1-8-3-2-4-12(16)13(8)9-5-10(14(17,18)19)7-11(15)6-9/h2-7H,1H3. The predicted octanol–water partition coefficient (Wildman–Crippen LogP) is 6.10. The second-order valence-corrected chi connectivity index (χ2v) is 5.48. The molecule has 0 amide bonds. The van der Waals surface area contributed by atoms with Crippen LogP contribution in [-0.4, -0.2) is 0 Å². The van der Waals surface area contributed by atoms with Gasteiger partial charge in [0.2, 0.25) is 0 Å². The maximum atomic E-state index is 12.8. The monoisotopic (exact) mass is 348 g/mol. The summed E-state index contributed by atoms with van der Waals surface area (Å²) in [4.78, 5) is 0. The van der Waals surface area contributed by atoms with Crippen LogP contribution < -0.4 is 0 Å². The third-order valence-corrected chi connectivity index (χ3v) is 3.51. The summed E-state index contributed by atoms with van der Waals surface area (Å²) >= 11 is 9.20. The third kappa shape index (κ3) is 3.12. The normalized spacial score (nSPS) is 11.7. The predicted molar refractivity (Wildman–Crippen MR) is 74.3 cm³/mol. The summed E-state index contributed by atoms with van der Waals surface area (Å²) in [6.45, 7) is 1.81. The highest BCUT2D eigenvalue weighted by molar-refractivity contribution is 9.10. The molecule has 0 saturated carbocycles. The van der Waals surface area contributed by atoms with Gasteiger partial charge in [-0.3, -0.25) is 0 Å². The Labute approximate surface area is 122 Å². The lowest BCUT2D eigenvalue weighted by molar-refractivity contribution is -0.137. The Bertz CT molecular complexity index is 600. The fraction of sp³-hybridized carbons (Fsp3) is 0.143. The van der Waals surface area contributed by atoms with Crippen LogP contribution in [0, 0.1) is 6.92 Å². The van der Waals surface area contributed by atoms with Gasteiger partial charge in [0.15, 0.2) is 0 Å². The number of halogens is 5. The highest BCUT2D eigenvalue weighted by atomic mass is 79.9. The van der Waals surface area contributed by atoms with Crippen molar-refractivity contribution in [3.63, 3.8) is 0 Å². The van der Waals surface area contributed by atoms with Crippen molar-refractivity contribution in [3.8, 4) is 11.1 Å². The van der Waals surface area contributed by atoms with Crippen molar-refractivity contribution in [2.24, 2.45) is 0 Å². The average Bonchev–Trinajstić information content (AvgIpc) is 2.26.